The topological polar surface area (TPSA) is 50.7 Å². The van der Waals surface area contributed by atoms with Gasteiger partial charge in [-0.1, -0.05) is 30.3 Å². The van der Waals surface area contributed by atoms with Crippen molar-refractivity contribution in [2.75, 3.05) is 26.9 Å². The minimum Gasteiger partial charge on any atom is -0.496 e. The summed E-state index contributed by atoms with van der Waals surface area (Å²) in [6.45, 7) is 3.99. The van der Waals surface area contributed by atoms with Crippen molar-refractivity contribution in [2.24, 2.45) is 0 Å². The molecule has 4 heteroatoms. The summed E-state index contributed by atoms with van der Waals surface area (Å²) in [5, 5.41) is 16.4. The largest absolute Gasteiger partial charge is 0.496 e. The molecule has 1 saturated heterocycles. The van der Waals surface area contributed by atoms with Crippen molar-refractivity contribution in [3.05, 3.63) is 42.0 Å². The first-order valence-electron chi connectivity index (χ1n) is 8.22. The summed E-state index contributed by atoms with van der Waals surface area (Å²) in [7, 11) is 1.70. The van der Waals surface area contributed by atoms with E-state index < -0.39 is 5.60 Å². The van der Waals surface area contributed by atoms with Crippen molar-refractivity contribution in [1.82, 2.24) is 5.32 Å². The van der Waals surface area contributed by atoms with Crippen LogP contribution in [0.3, 0.4) is 0 Å². The highest BCUT2D eigenvalue weighted by molar-refractivity contribution is 5.91. The molecule has 1 unspecified atom stereocenters. The van der Waals surface area contributed by atoms with Crippen molar-refractivity contribution in [1.29, 1.82) is 0 Å². The second-order valence-corrected chi connectivity index (χ2v) is 6.34. The van der Waals surface area contributed by atoms with Gasteiger partial charge < -0.3 is 19.9 Å². The zero-order valence-corrected chi connectivity index (χ0v) is 13.8. The van der Waals surface area contributed by atoms with Gasteiger partial charge in [0.15, 0.2) is 0 Å². The van der Waals surface area contributed by atoms with E-state index in [1.165, 1.54) is 10.9 Å². The highest BCUT2D eigenvalue weighted by Gasteiger charge is 2.30. The van der Waals surface area contributed by atoms with Gasteiger partial charge in [0, 0.05) is 44.0 Å². The molecule has 0 saturated carbocycles. The first-order chi connectivity index (χ1) is 11.1. The molecule has 2 aromatic rings. The molecule has 1 aliphatic heterocycles. The number of aliphatic hydroxyl groups is 1. The molecule has 0 amide bonds. The molecule has 2 aromatic carbocycles. The number of nitrogens with one attached hydrogen (secondary N) is 1. The quantitative estimate of drug-likeness (QED) is 0.890. The van der Waals surface area contributed by atoms with Crippen LogP contribution in [-0.2, 0) is 4.74 Å². The Morgan fingerprint density at radius 1 is 1.17 bits per heavy atom. The Bertz CT molecular complexity index is 665. The molecular weight excluding hydrogens is 290 g/mol. The molecule has 23 heavy (non-hydrogen) atoms. The summed E-state index contributed by atoms with van der Waals surface area (Å²) in [5.41, 5.74) is 0.562. The number of hydrogen-bond acceptors (Lipinski definition) is 4. The molecule has 1 fully saturated rings. The zero-order chi connectivity index (χ0) is 16.3. The third kappa shape index (κ3) is 3.50. The van der Waals surface area contributed by atoms with E-state index in [0.717, 1.165) is 11.1 Å². The fourth-order valence-corrected chi connectivity index (χ4v) is 3.23. The maximum absolute atomic E-state index is 10.6. The lowest BCUT2D eigenvalue weighted by molar-refractivity contribution is -0.0626. The summed E-state index contributed by atoms with van der Waals surface area (Å²) in [6.07, 6.45) is 1.38. The number of hydrogen-bond donors (Lipinski definition) is 2. The SMILES string of the molecule is COc1ccc(C(C)NCC2(O)CCOCC2)c2ccccc12. The summed E-state index contributed by atoms with van der Waals surface area (Å²) in [5.74, 6) is 0.889. The number of benzene rings is 2. The van der Waals surface area contributed by atoms with Gasteiger partial charge in [-0.3, -0.25) is 0 Å². The maximum atomic E-state index is 10.6. The Hall–Kier alpha value is -1.62. The highest BCUT2D eigenvalue weighted by atomic mass is 16.5. The van der Waals surface area contributed by atoms with E-state index in [1.54, 1.807) is 7.11 Å². The molecule has 1 heterocycles. The van der Waals surface area contributed by atoms with E-state index in [1.807, 2.05) is 18.2 Å². The number of methoxy groups -OCH3 is 1. The molecule has 1 atom stereocenters. The van der Waals surface area contributed by atoms with E-state index in [2.05, 4.69) is 30.4 Å². The Morgan fingerprint density at radius 3 is 2.57 bits per heavy atom. The van der Waals surface area contributed by atoms with Crippen LogP contribution < -0.4 is 10.1 Å². The molecule has 0 aliphatic carbocycles. The second-order valence-electron chi connectivity index (χ2n) is 6.34. The van der Waals surface area contributed by atoms with Crippen LogP contribution in [0.15, 0.2) is 36.4 Å². The van der Waals surface area contributed by atoms with E-state index in [-0.39, 0.29) is 6.04 Å². The average molecular weight is 315 g/mol. The van der Waals surface area contributed by atoms with E-state index in [9.17, 15) is 5.11 Å². The van der Waals surface area contributed by atoms with Gasteiger partial charge in [0.05, 0.1) is 12.7 Å². The number of fused-ring (bicyclic) bond motifs is 1. The van der Waals surface area contributed by atoms with Gasteiger partial charge in [0.2, 0.25) is 0 Å². The highest BCUT2D eigenvalue weighted by Crippen LogP contribution is 2.31. The predicted molar refractivity (Wildman–Crippen MR) is 91.9 cm³/mol. The molecule has 3 rings (SSSR count). The van der Waals surface area contributed by atoms with Gasteiger partial charge >= 0.3 is 0 Å². The van der Waals surface area contributed by atoms with Gasteiger partial charge in [-0.05, 0) is 23.9 Å². The molecule has 0 bridgehead atoms. The minimum atomic E-state index is -0.658. The van der Waals surface area contributed by atoms with Gasteiger partial charge in [-0.2, -0.15) is 0 Å². The van der Waals surface area contributed by atoms with Crippen LogP contribution in [0.2, 0.25) is 0 Å². The smallest absolute Gasteiger partial charge is 0.126 e. The summed E-state index contributed by atoms with van der Waals surface area (Å²) in [6, 6.07) is 12.5. The minimum absolute atomic E-state index is 0.151. The van der Waals surface area contributed by atoms with Crippen molar-refractivity contribution in [3.63, 3.8) is 0 Å². The van der Waals surface area contributed by atoms with Crippen LogP contribution in [0.5, 0.6) is 5.75 Å². The molecule has 124 valence electrons. The summed E-state index contributed by atoms with van der Waals surface area (Å²) >= 11 is 0. The Labute approximate surface area is 137 Å². The Morgan fingerprint density at radius 2 is 1.87 bits per heavy atom. The summed E-state index contributed by atoms with van der Waals surface area (Å²) in [4.78, 5) is 0. The van der Waals surface area contributed by atoms with Crippen LogP contribution >= 0.6 is 0 Å². The molecule has 0 aromatic heterocycles. The fourth-order valence-electron chi connectivity index (χ4n) is 3.23. The molecule has 0 radical (unpaired) electrons. The first kappa shape index (κ1) is 16.2. The third-order valence-corrected chi connectivity index (χ3v) is 4.77. The summed E-state index contributed by atoms with van der Waals surface area (Å²) < 4.78 is 10.8. The lowest BCUT2D eigenvalue weighted by atomic mass is 9.93. The van der Waals surface area contributed by atoms with Gasteiger partial charge in [-0.15, -0.1) is 0 Å². The van der Waals surface area contributed by atoms with E-state index >= 15 is 0 Å². The first-order valence-corrected chi connectivity index (χ1v) is 8.22. The average Bonchev–Trinajstić information content (AvgIpc) is 2.59. The second kappa shape index (κ2) is 6.87. The van der Waals surface area contributed by atoms with Gasteiger partial charge in [0.1, 0.15) is 5.75 Å². The molecule has 1 aliphatic rings. The van der Waals surface area contributed by atoms with Crippen LogP contribution in [0.1, 0.15) is 31.4 Å². The van der Waals surface area contributed by atoms with Crippen molar-refractivity contribution in [2.45, 2.75) is 31.4 Å². The van der Waals surface area contributed by atoms with Crippen molar-refractivity contribution in [3.8, 4) is 5.75 Å². The van der Waals surface area contributed by atoms with Crippen LogP contribution in [0.4, 0.5) is 0 Å². The standard InChI is InChI=1S/C19H25NO3/c1-14(20-13-19(21)9-11-23-12-10-19)15-7-8-18(22-2)17-6-4-3-5-16(15)17/h3-8,14,20-21H,9-13H2,1-2H3. The van der Waals surface area contributed by atoms with Crippen LogP contribution in [0, 0.1) is 0 Å². The molecule has 4 nitrogen and oxygen atoms in total. The number of rotatable bonds is 5. The lowest BCUT2D eigenvalue weighted by Crippen LogP contribution is -2.45. The van der Waals surface area contributed by atoms with Gasteiger partial charge in [0.25, 0.3) is 0 Å². The lowest BCUT2D eigenvalue weighted by Gasteiger charge is -2.33. The third-order valence-electron chi connectivity index (χ3n) is 4.77. The normalized spacial score (nSPS) is 18.7. The van der Waals surface area contributed by atoms with E-state index in [4.69, 9.17) is 9.47 Å². The monoisotopic (exact) mass is 315 g/mol. The van der Waals surface area contributed by atoms with Crippen LogP contribution in [0.25, 0.3) is 10.8 Å². The predicted octanol–water partition coefficient (Wildman–Crippen LogP) is 3.04. The zero-order valence-electron chi connectivity index (χ0n) is 13.8. The molecule has 0 spiro atoms. The molecule has 2 N–H and O–H groups in total. The van der Waals surface area contributed by atoms with Gasteiger partial charge in [-0.25, -0.2) is 0 Å². The van der Waals surface area contributed by atoms with Crippen LogP contribution in [-0.4, -0.2) is 37.6 Å². The Kier molecular flexibility index (Phi) is 4.85. The van der Waals surface area contributed by atoms with E-state index in [0.29, 0.717) is 32.6 Å². The Balaban J connectivity index is 1.79. The van der Waals surface area contributed by atoms with Crippen molar-refractivity contribution < 1.29 is 14.6 Å². The fraction of sp³-hybridized carbons (Fsp3) is 0.474. The number of ether oxygens (including phenoxy) is 2. The maximum Gasteiger partial charge on any atom is 0.126 e. The van der Waals surface area contributed by atoms with Crippen molar-refractivity contribution >= 4 is 10.8 Å². The molecular formula is C19H25NO3.